The summed E-state index contributed by atoms with van der Waals surface area (Å²) in [6.07, 6.45) is 0. The third-order valence-electron chi connectivity index (χ3n) is 6.01. The lowest BCUT2D eigenvalue weighted by molar-refractivity contribution is -0.153. The molecule has 0 bridgehead atoms. The number of piperazine rings is 1. The third-order valence-corrected chi connectivity index (χ3v) is 6.01. The number of hydrogen-bond acceptors (Lipinski definition) is 7. The van der Waals surface area contributed by atoms with E-state index in [2.05, 4.69) is 39.4 Å². The van der Waals surface area contributed by atoms with Crippen molar-refractivity contribution < 1.29 is 19.1 Å². The maximum absolute atomic E-state index is 13.0. The Labute approximate surface area is 194 Å². The number of methoxy groups -OCH3 is 1. The van der Waals surface area contributed by atoms with Crippen molar-refractivity contribution in [2.24, 2.45) is 10.9 Å². The van der Waals surface area contributed by atoms with Gasteiger partial charge in [0, 0.05) is 32.7 Å². The normalized spacial score (nSPS) is 21.2. The van der Waals surface area contributed by atoms with Crippen molar-refractivity contribution in [3.05, 3.63) is 65.7 Å². The molecule has 33 heavy (non-hydrogen) atoms. The summed E-state index contributed by atoms with van der Waals surface area (Å²) in [5.41, 5.74) is 2.05. The minimum atomic E-state index is -1.03. The Kier molecular flexibility index (Phi) is 7.24. The van der Waals surface area contributed by atoms with Crippen LogP contribution in [0.2, 0.25) is 0 Å². The lowest BCUT2D eigenvalue weighted by atomic mass is 9.91. The molecule has 0 aromatic heterocycles. The number of carbonyl (C=O) groups excluding carboxylic acids is 2. The molecule has 2 unspecified atom stereocenters. The van der Waals surface area contributed by atoms with Crippen LogP contribution in [0.5, 0.6) is 5.75 Å². The van der Waals surface area contributed by atoms with Crippen molar-refractivity contribution in [1.82, 2.24) is 15.1 Å². The lowest BCUT2D eigenvalue weighted by Crippen LogP contribution is -2.57. The van der Waals surface area contributed by atoms with Crippen molar-refractivity contribution in [2.75, 3.05) is 39.9 Å². The third kappa shape index (κ3) is 5.34. The van der Waals surface area contributed by atoms with Gasteiger partial charge in [0.1, 0.15) is 11.8 Å². The van der Waals surface area contributed by atoms with Crippen LogP contribution in [0.3, 0.4) is 0 Å². The number of esters is 1. The molecule has 8 heteroatoms. The van der Waals surface area contributed by atoms with E-state index in [0.717, 1.165) is 38.3 Å². The summed E-state index contributed by atoms with van der Waals surface area (Å²) in [6.45, 7) is 6.03. The van der Waals surface area contributed by atoms with Gasteiger partial charge in [-0.15, -0.1) is 0 Å². The second-order valence-corrected chi connectivity index (χ2v) is 8.14. The average Bonchev–Trinajstić information content (AvgIpc) is 2.85. The van der Waals surface area contributed by atoms with Crippen molar-refractivity contribution in [2.45, 2.75) is 19.5 Å². The van der Waals surface area contributed by atoms with E-state index in [9.17, 15) is 9.59 Å². The van der Waals surface area contributed by atoms with Crippen LogP contribution in [-0.4, -0.2) is 67.5 Å². The van der Waals surface area contributed by atoms with E-state index in [4.69, 9.17) is 14.5 Å². The molecule has 2 heterocycles. The first-order valence-corrected chi connectivity index (χ1v) is 11.3. The van der Waals surface area contributed by atoms with E-state index in [1.54, 1.807) is 14.0 Å². The minimum Gasteiger partial charge on any atom is -0.497 e. The summed E-state index contributed by atoms with van der Waals surface area (Å²) >= 11 is 0. The zero-order valence-electron chi connectivity index (χ0n) is 19.1. The van der Waals surface area contributed by atoms with Crippen molar-refractivity contribution in [3.63, 3.8) is 0 Å². The summed E-state index contributed by atoms with van der Waals surface area (Å²) in [5, 5.41) is 2.86. The number of amides is 1. The van der Waals surface area contributed by atoms with Crippen LogP contribution < -0.4 is 10.1 Å². The minimum absolute atomic E-state index is 0.206. The van der Waals surface area contributed by atoms with E-state index >= 15 is 0 Å². The first kappa shape index (κ1) is 22.8. The van der Waals surface area contributed by atoms with Gasteiger partial charge >= 0.3 is 5.97 Å². The molecule has 2 aromatic carbocycles. The molecule has 0 spiro atoms. The van der Waals surface area contributed by atoms with E-state index in [0.29, 0.717) is 11.7 Å². The Hall–Kier alpha value is -3.39. The fraction of sp³-hybridized carbons (Fsp3) is 0.400. The fourth-order valence-electron chi connectivity index (χ4n) is 4.23. The summed E-state index contributed by atoms with van der Waals surface area (Å²) in [4.78, 5) is 34.9. The van der Waals surface area contributed by atoms with Gasteiger partial charge in [-0.25, -0.2) is 4.99 Å². The fourth-order valence-corrected chi connectivity index (χ4v) is 4.23. The van der Waals surface area contributed by atoms with Gasteiger partial charge in [0.2, 0.25) is 11.9 Å². The number of carbonyl (C=O) groups is 2. The number of benzene rings is 2. The summed E-state index contributed by atoms with van der Waals surface area (Å²) in [5.74, 6) is -0.759. The van der Waals surface area contributed by atoms with Gasteiger partial charge in [0.15, 0.2) is 5.92 Å². The first-order valence-electron chi connectivity index (χ1n) is 11.3. The number of nitrogens with zero attached hydrogens (tertiary/aromatic N) is 3. The van der Waals surface area contributed by atoms with Crippen LogP contribution in [-0.2, 0) is 20.9 Å². The molecule has 0 saturated carbocycles. The average molecular weight is 451 g/mol. The van der Waals surface area contributed by atoms with E-state index in [-0.39, 0.29) is 12.5 Å². The number of ether oxygens (including phenoxy) is 2. The SMILES string of the molecule is CCOC(=O)C1C(=O)NC(N2CCN(Cc3ccccc3)CC2)=NC1c1ccc(OC)cc1. The van der Waals surface area contributed by atoms with Gasteiger partial charge in [-0.2, -0.15) is 0 Å². The van der Waals surface area contributed by atoms with Crippen LogP contribution in [0, 0.1) is 5.92 Å². The molecule has 2 aliphatic heterocycles. The van der Waals surface area contributed by atoms with Crippen molar-refractivity contribution in [1.29, 1.82) is 0 Å². The van der Waals surface area contributed by atoms with Crippen LogP contribution in [0.1, 0.15) is 24.1 Å². The van der Waals surface area contributed by atoms with Crippen molar-refractivity contribution in [3.8, 4) is 5.75 Å². The quantitative estimate of drug-likeness (QED) is 0.537. The summed E-state index contributed by atoms with van der Waals surface area (Å²) < 4.78 is 10.4. The predicted molar refractivity (Wildman–Crippen MR) is 125 cm³/mol. The Morgan fingerprint density at radius 2 is 1.76 bits per heavy atom. The molecule has 0 aliphatic carbocycles. The second kappa shape index (κ2) is 10.5. The zero-order chi connectivity index (χ0) is 23.2. The van der Waals surface area contributed by atoms with E-state index in [1.807, 2.05) is 30.3 Å². The zero-order valence-corrected chi connectivity index (χ0v) is 19.1. The maximum Gasteiger partial charge on any atom is 0.321 e. The topological polar surface area (TPSA) is 83.5 Å². The van der Waals surface area contributed by atoms with Gasteiger partial charge in [-0.1, -0.05) is 42.5 Å². The summed E-state index contributed by atoms with van der Waals surface area (Å²) in [6, 6.07) is 17.0. The van der Waals surface area contributed by atoms with E-state index < -0.39 is 17.9 Å². The largest absolute Gasteiger partial charge is 0.497 e. The molecule has 1 N–H and O–H groups in total. The Bertz CT molecular complexity index is 985. The number of hydrogen-bond donors (Lipinski definition) is 1. The molecular weight excluding hydrogens is 420 g/mol. The maximum atomic E-state index is 13.0. The summed E-state index contributed by atoms with van der Waals surface area (Å²) in [7, 11) is 1.60. The molecule has 2 atom stereocenters. The number of rotatable bonds is 6. The van der Waals surface area contributed by atoms with Gasteiger partial charge in [0.05, 0.1) is 13.7 Å². The standard InChI is InChI=1S/C25H30N4O4/c1-3-33-24(31)21-22(19-9-11-20(32-2)12-10-19)26-25(27-23(21)30)29-15-13-28(14-16-29)17-18-7-5-4-6-8-18/h4-12,21-22H,3,13-17H2,1-2H3,(H,26,27,30). The Balaban J connectivity index is 1.51. The van der Waals surface area contributed by atoms with Crippen LogP contribution >= 0.6 is 0 Å². The molecule has 4 rings (SSSR count). The number of aliphatic imine (C=N–C) groups is 1. The smallest absolute Gasteiger partial charge is 0.321 e. The first-order chi connectivity index (χ1) is 16.1. The highest BCUT2D eigenvalue weighted by Gasteiger charge is 2.42. The van der Waals surface area contributed by atoms with Crippen LogP contribution in [0.25, 0.3) is 0 Å². The second-order valence-electron chi connectivity index (χ2n) is 8.14. The van der Waals surface area contributed by atoms with Crippen LogP contribution in [0.4, 0.5) is 0 Å². The molecule has 2 aliphatic rings. The Morgan fingerprint density at radius 1 is 1.06 bits per heavy atom. The molecule has 1 saturated heterocycles. The molecule has 8 nitrogen and oxygen atoms in total. The monoisotopic (exact) mass is 450 g/mol. The van der Waals surface area contributed by atoms with Crippen molar-refractivity contribution >= 4 is 17.8 Å². The van der Waals surface area contributed by atoms with Gasteiger partial charge < -0.3 is 14.4 Å². The Morgan fingerprint density at radius 3 is 2.39 bits per heavy atom. The van der Waals surface area contributed by atoms with Gasteiger partial charge in [-0.3, -0.25) is 19.8 Å². The van der Waals surface area contributed by atoms with Crippen LogP contribution in [0.15, 0.2) is 59.6 Å². The molecule has 0 radical (unpaired) electrons. The van der Waals surface area contributed by atoms with Gasteiger partial charge in [0.25, 0.3) is 0 Å². The highest BCUT2D eigenvalue weighted by Crippen LogP contribution is 2.32. The molecular formula is C25H30N4O4. The molecule has 1 amide bonds. The predicted octanol–water partition coefficient (Wildman–Crippen LogP) is 2.22. The number of nitrogens with one attached hydrogen (secondary N) is 1. The lowest BCUT2D eigenvalue weighted by Gasteiger charge is -2.39. The highest BCUT2D eigenvalue weighted by atomic mass is 16.5. The molecule has 2 aromatic rings. The number of guanidine groups is 1. The highest BCUT2D eigenvalue weighted by molar-refractivity contribution is 6.08. The molecule has 174 valence electrons. The molecule has 1 fully saturated rings. The van der Waals surface area contributed by atoms with E-state index in [1.165, 1.54) is 5.56 Å². The van der Waals surface area contributed by atoms with Gasteiger partial charge in [-0.05, 0) is 30.2 Å².